The van der Waals surface area contributed by atoms with Crippen molar-refractivity contribution in [3.8, 4) is 0 Å². The third kappa shape index (κ3) is 6.03. The van der Waals surface area contributed by atoms with E-state index in [1.165, 1.54) is 19.3 Å². The maximum atomic E-state index is 11.9. The Morgan fingerprint density at radius 1 is 1.42 bits per heavy atom. The lowest BCUT2D eigenvalue weighted by atomic mass is 10.2. The summed E-state index contributed by atoms with van der Waals surface area (Å²) >= 11 is 1.94. The van der Waals surface area contributed by atoms with Crippen LogP contribution < -0.4 is 16.0 Å². The average molecular weight is 350 g/mol. The molecule has 1 aliphatic rings. The second kappa shape index (κ2) is 9.52. The van der Waals surface area contributed by atoms with Gasteiger partial charge >= 0.3 is 0 Å². The summed E-state index contributed by atoms with van der Waals surface area (Å²) in [7, 11) is 1.76. The number of pyridine rings is 1. The molecule has 7 heteroatoms. The minimum Gasteiger partial charge on any atom is -0.356 e. The second-order valence-electron chi connectivity index (χ2n) is 6.03. The van der Waals surface area contributed by atoms with Gasteiger partial charge in [-0.3, -0.25) is 9.79 Å². The number of anilines is 1. The molecule has 0 saturated heterocycles. The Hall–Kier alpha value is -1.76. The number of carbonyl (C=O) groups is 1. The van der Waals surface area contributed by atoms with Gasteiger partial charge in [-0.05, 0) is 44.1 Å². The minimum atomic E-state index is -0.0578. The van der Waals surface area contributed by atoms with E-state index < -0.39 is 0 Å². The van der Waals surface area contributed by atoms with Crippen LogP contribution in [0.5, 0.6) is 0 Å². The molecule has 2 atom stereocenters. The van der Waals surface area contributed by atoms with Crippen LogP contribution >= 0.6 is 11.8 Å². The van der Waals surface area contributed by atoms with Crippen LogP contribution in [0.3, 0.4) is 0 Å². The van der Waals surface area contributed by atoms with Gasteiger partial charge in [0.15, 0.2) is 5.96 Å². The highest BCUT2D eigenvalue weighted by molar-refractivity contribution is 7.99. The largest absolute Gasteiger partial charge is 0.356 e. The van der Waals surface area contributed by atoms with E-state index in [1.807, 2.05) is 30.8 Å². The highest BCUT2D eigenvalue weighted by Gasteiger charge is 2.24. The summed E-state index contributed by atoms with van der Waals surface area (Å²) in [5.41, 5.74) is 1.07. The van der Waals surface area contributed by atoms with Crippen molar-refractivity contribution < 1.29 is 4.79 Å². The molecule has 1 aromatic rings. The molecule has 2 rings (SSSR count). The van der Waals surface area contributed by atoms with Gasteiger partial charge in [-0.1, -0.05) is 6.07 Å². The summed E-state index contributed by atoms with van der Waals surface area (Å²) < 4.78 is 0. The lowest BCUT2D eigenvalue weighted by molar-refractivity contribution is -0.116. The molecule has 1 fully saturated rings. The SMILES string of the molecule is CN=C(NCCC(=O)Nc1ccc(C)cn1)NC1CCC(SC)C1. The van der Waals surface area contributed by atoms with Gasteiger partial charge in [0.2, 0.25) is 5.91 Å². The summed E-state index contributed by atoms with van der Waals surface area (Å²) in [6, 6.07) is 4.21. The number of nitrogens with one attached hydrogen (secondary N) is 3. The Morgan fingerprint density at radius 2 is 2.25 bits per heavy atom. The molecule has 6 nitrogen and oxygen atoms in total. The van der Waals surface area contributed by atoms with Crippen molar-refractivity contribution in [2.45, 2.75) is 43.9 Å². The summed E-state index contributed by atoms with van der Waals surface area (Å²) in [5, 5.41) is 10.2. The smallest absolute Gasteiger partial charge is 0.227 e. The number of hydrogen-bond acceptors (Lipinski definition) is 4. The van der Waals surface area contributed by atoms with E-state index in [1.54, 1.807) is 13.2 Å². The molecule has 132 valence electrons. The molecule has 1 aliphatic carbocycles. The standard InChI is InChI=1S/C17H27N5OS/c1-12-4-7-15(20-11-12)22-16(23)8-9-19-17(18-2)21-13-5-6-14(10-13)24-3/h4,7,11,13-14H,5-6,8-10H2,1-3H3,(H2,18,19,21)(H,20,22,23). The Labute approximate surface area is 148 Å². The Kier molecular flexibility index (Phi) is 7.36. The van der Waals surface area contributed by atoms with Crippen LogP contribution in [0.15, 0.2) is 23.3 Å². The van der Waals surface area contributed by atoms with Gasteiger partial charge < -0.3 is 16.0 Å². The molecule has 1 amide bonds. The molecule has 0 aliphatic heterocycles. The Balaban J connectivity index is 1.68. The van der Waals surface area contributed by atoms with Crippen molar-refractivity contribution in [2.24, 2.45) is 4.99 Å². The lowest BCUT2D eigenvalue weighted by Crippen LogP contribution is -2.43. The zero-order chi connectivity index (χ0) is 17.4. The Morgan fingerprint density at radius 3 is 2.88 bits per heavy atom. The van der Waals surface area contributed by atoms with Gasteiger partial charge in [0.05, 0.1) is 0 Å². The fraction of sp³-hybridized carbons (Fsp3) is 0.588. The molecule has 24 heavy (non-hydrogen) atoms. The third-order valence-corrected chi connectivity index (χ3v) is 5.20. The van der Waals surface area contributed by atoms with Crippen LogP contribution in [0.2, 0.25) is 0 Å². The first-order valence-corrected chi connectivity index (χ1v) is 9.62. The van der Waals surface area contributed by atoms with Crippen LogP contribution in [-0.2, 0) is 4.79 Å². The van der Waals surface area contributed by atoms with Crippen molar-refractivity contribution in [2.75, 3.05) is 25.2 Å². The first-order valence-electron chi connectivity index (χ1n) is 8.33. The highest BCUT2D eigenvalue weighted by atomic mass is 32.2. The topological polar surface area (TPSA) is 78.4 Å². The molecular formula is C17H27N5OS. The van der Waals surface area contributed by atoms with Gasteiger partial charge in [0, 0.05) is 37.5 Å². The fourth-order valence-corrected chi connectivity index (χ4v) is 3.51. The van der Waals surface area contributed by atoms with Crippen molar-refractivity contribution in [3.05, 3.63) is 23.9 Å². The molecule has 2 unspecified atom stereocenters. The van der Waals surface area contributed by atoms with Crippen molar-refractivity contribution >= 4 is 29.4 Å². The molecule has 3 N–H and O–H groups in total. The quantitative estimate of drug-likeness (QED) is 0.542. The van der Waals surface area contributed by atoms with Crippen molar-refractivity contribution in [1.29, 1.82) is 0 Å². The number of nitrogens with zero attached hydrogens (tertiary/aromatic N) is 2. The number of aliphatic imine (C=N–C) groups is 1. The number of amides is 1. The van der Waals surface area contributed by atoms with E-state index in [-0.39, 0.29) is 5.91 Å². The number of carbonyl (C=O) groups excluding carboxylic acids is 1. The Bertz CT molecular complexity index is 561. The molecule has 1 saturated carbocycles. The maximum Gasteiger partial charge on any atom is 0.227 e. The van der Waals surface area contributed by atoms with Crippen molar-refractivity contribution in [3.63, 3.8) is 0 Å². The van der Waals surface area contributed by atoms with Gasteiger partial charge in [0.1, 0.15) is 5.82 Å². The minimum absolute atomic E-state index is 0.0578. The van der Waals surface area contributed by atoms with Crippen LogP contribution in [0.25, 0.3) is 0 Å². The zero-order valence-electron chi connectivity index (χ0n) is 14.6. The number of rotatable bonds is 6. The third-order valence-electron chi connectivity index (χ3n) is 4.11. The average Bonchev–Trinajstić information content (AvgIpc) is 3.03. The van der Waals surface area contributed by atoms with Crippen LogP contribution in [0, 0.1) is 6.92 Å². The predicted molar refractivity (Wildman–Crippen MR) is 102 cm³/mol. The van der Waals surface area contributed by atoms with E-state index >= 15 is 0 Å². The first kappa shape index (κ1) is 18.6. The van der Waals surface area contributed by atoms with Crippen LogP contribution in [0.1, 0.15) is 31.2 Å². The summed E-state index contributed by atoms with van der Waals surface area (Å²) in [4.78, 5) is 20.3. The molecule has 0 bridgehead atoms. The monoisotopic (exact) mass is 349 g/mol. The maximum absolute atomic E-state index is 11.9. The summed E-state index contributed by atoms with van der Waals surface area (Å²) in [6.07, 6.45) is 7.87. The molecule has 1 aromatic heterocycles. The van der Waals surface area contributed by atoms with Gasteiger partial charge in [-0.2, -0.15) is 11.8 Å². The normalized spacial score (nSPS) is 20.7. The number of thioether (sulfide) groups is 1. The fourth-order valence-electron chi connectivity index (χ4n) is 2.71. The number of guanidine groups is 1. The number of aryl methyl sites for hydroxylation is 1. The molecule has 0 spiro atoms. The highest BCUT2D eigenvalue weighted by Crippen LogP contribution is 2.27. The number of aromatic nitrogens is 1. The van der Waals surface area contributed by atoms with E-state index in [4.69, 9.17) is 0 Å². The summed E-state index contributed by atoms with van der Waals surface area (Å²) in [6.45, 7) is 2.50. The molecule has 0 aromatic carbocycles. The van der Waals surface area contributed by atoms with E-state index in [0.717, 1.165) is 16.8 Å². The van der Waals surface area contributed by atoms with E-state index in [2.05, 4.69) is 32.2 Å². The van der Waals surface area contributed by atoms with Gasteiger partial charge in [0.25, 0.3) is 0 Å². The first-order chi connectivity index (χ1) is 11.6. The van der Waals surface area contributed by atoms with Gasteiger partial charge in [-0.25, -0.2) is 4.98 Å². The number of hydrogen-bond donors (Lipinski definition) is 3. The second-order valence-corrected chi connectivity index (χ2v) is 7.17. The summed E-state index contributed by atoms with van der Waals surface area (Å²) in [5.74, 6) is 1.29. The van der Waals surface area contributed by atoms with Crippen LogP contribution in [0.4, 0.5) is 5.82 Å². The molecular weight excluding hydrogens is 322 g/mol. The molecule has 1 heterocycles. The zero-order valence-corrected chi connectivity index (χ0v) is 15.4. The van der Waals surface area contributed by atoms with Crippen LogP contribution in [-0.4, -0.2) is 48.0 Å². The van der Waals surface area contributed by atoms with Crippen molar-refractivity contribution in [1.82, 2.24) is 15.6 Å². The van der Waals surface area contributed by atoms with E-state index in [9.17, 15) is 4.79 Å². The lowest BCUT2D eigenvalue weighted by Gasteiger charge is -2.17. The predicted octanol–water partition coefficient (Wildman–Crippen LogP) is 2.17. The van der Waals surface area contributed by atoms with E-state index in [0.29, 0.717) is 24.8 Å². The molecule has 0 radical (unpaired) electrons. The van der Waals surface area contributed by atoms with Gasteiger partial charge in [-0.15, -0.1) is 0 Å².